The van der Waals surface area contributed by atoms with Crippen molar-refractivity contribution in [1.29, 1.82) is 0 Å². The zero-order valence-electron chi connectivity index (χ0n) is 17.4. The highest BCUT2D eigenvalue weighted by Crippen LogP contribution is 2.40. The summed E-state index contributed by atoms with van der Waals surface area (Å²) < 4.78 is 1.94. The maximum absolute atomic E-state index is 13.1. The molecule has 0 radical (unpaired) electrons. The van der Waals surface area contributed by atoms with E-state index >= 15 is 0 Å². The average molecular weight is 410 g/mol. The van der Waals surface area contributed by atoms with Crippen LogP contribution in [0.2, 0.25) is 0 Å². The fourth-order valence-electron chi connectivity index (χ4n) is 3.33. The van der Waals surface area contributed by atoms with Gasteiger partial charge in [-0.15, -0.1) is 0 Å². The minimum atomic E-state index is -0.0579. The molecule has 152 valence electrons. The van der Waals surface area contributed by atoms with Gasteiger partial charge in [0.25, 0.3) is 5.91 Å². The van der Waals surface area contributed by atoms with Gasteiger partial charge in [-0.2, -0.15) is 21.5 Å². The molecule has 1 aliphatic carbocycles. The van der Waals surface area contributed by atoms with E-state index in [1.54, 1.807) is 10.9 Å². The number of nitrogens with one attached hydrogen (secondary N) is 1. The molecule has 1 amide bonds. The van der Waals surface area contributed by atoms with Crippen molar-refractivity contribution in [2.24, 2.45) is 0 Å². The molecule has 1 saturated carbocycles. The number of carbonyl (C=O) groups excluding carboxylic acids is 1. The molecule has 0 saturated heterocycles. The third-order valence-corrected chi connectivity index (χ3v) is 6.14. The Labute approximate surface area is 175 Å². The highest BCUT2D eigenvalue weighted by Gasteiger charge is 2.29. The molecule has 1 aliphatic rings. The molecule has 4 rings (SSSR count). The molecule has 3 aromatic heterocycles. The molecule has 29 heavy (non-hydrogen) atoms. The van der Waals surface area contributed by atoms with E-state index in [1.165, 1.54) is 0 Å². The fourth-order valence-corrected chi connectivity index (χ4v) is 4.15. The average Bonchev–Trinajstić information content (AvgIpc) is 3.48. The van der Waals surface area contributed by atoms with Gasteiger partial charge < -0.3 is 5.32 Å². The van der Waals surface area contributed by atoms with E-state index in [1.807, 2.05) is 43.0 Å². The van der Waals surface area contributed by atoms with E-state index in [-0.39, 0.29) is 10.7 Å². The number of thioether (sulfide) groups is 1. The predicted molar refractivity (Wildman–Crippen MR) is 118 cm³/mol. The van der Waals surface area contributed by atoms with Crippen LogP contribution in [-0.2, 0) is 0 Å². The molecule has 3 aromatic rings. The van der Waals surface area contributed by atoms with Crippen LogP contribution in [0.1, 0.15) is 61.3 Å². The quantitative estimate of drug-likeness (QED) is 0.616. The van der Waals surface area contributed by atoms with Crippen molar-refractivity contribution in [1.82, 2.24) is 25.1 Å². The maximum atomic E-state index is 13.1. The van der Waals surface area contributed by atoms with Crippen LogP contribution in [0.5, 0.6) is 0 Å². The van der Waals surface area contributed by atoms with Crippen LogP contribution in [0.4, 0.5) is 0 Å². The SMILES string of the molecule is Cc1nn(-c2ccccn2)c2nc(C3CC3)cc(C(=O)NCCSC(C)(C)C)c12. The van der Waals surface area contributed by atoms with E-state index in [4.69, 9.17) is 4.98 Å². The Morgan fingerprint density at radius 2 is 2.10 bits per heavy atom. The van der Waals surface area contributed by atoms with Crippen LogP contribution in [0.25, 0.3) is 16.9 Å². The monoisotopic (exact) mass is 409 g/mol. The van der Waals surface area contributed by atoms with Crippen molar-refractivity contribution in [2.45, 2.75) is 51.2 Å². The van der Waals surface area contributed by atoms with Crippen molar-refractivity contribution < 1.29 is 4.79 Å². The highest BCUT2D eigenvalue weighted by molar-refractivity contribution is 8.00. The van der Waals surface area contributed by atoms with Crippen LogP contribution in [0, 0.1) is 6.92 Å². The number of pyridine rings is 2. The first-order valence-electron chi connectivity index (χ1n) is 10.1. The van der Waals surface area contributed by atoms with Gasteiger partial charge in [-0.3, -0.25) is 4.79 Å². The third kappa shape index (κ3) is 4.45. The van der Waals surface area contributed by atoms with Gasteiger partial charge in [0.05, 0.1) is 16.6 Å². The second-order valence-electron chi connectivity index (χ2n) is 8.47. The van der Waals surface area contributed by atoms with E-state index in [2.05, 4.69) is 36.2 Å². The topological polar surface area (TPSA) is 72.7 Å². The Morgan fingerprint density at radius 3 is 2.76 bits per heavy atom. The Balaban J connectivity index is 1.70. The standard InChI is InChI=1S/C22H27N5OS/c1-14-19-16(21(28)24-11-12-29-22(2,3)4)13-17(15-8-9-15)25-20(19)27(26-14)18-7-5-6-10-23-18/h5-7,10,13,15H,8-9,11-12H2,1-4H3,(H,24,28). The normalized spacial score (nSPS) is 14.3. The summed E-state index contributed by atoms with van der Waals surface area (Å²) in [5, 5.41) is 8.55. The zero-order valence-corrected chi connectivity index (χ0v) is 18.2. The Hall–Kier alpha value is -2.41. The van der Waals surface area contributed by atoms with Crippen LogP contribution in [0.3, 0.4) is 0 Å². The highest BCUT2D eigenvalue weighted by atomic mass is 32.2. The molecular formula is C22H27N5OS. The summed E-state index contributed by atoms with van der Waals surface area (Å²) in [7, 11) is 0. The van der Waals surface area contributed by atoms with Gasteiger partial charge in [-0.05, 0) is 38.0 Å². The molecule has 6 nitrogen and oxygen atoms in total. The lowest BCUT2D eigenvalue weighted by Gasteiger charge is -2.17. The predicted octanol–water partition coefficient (Wildman–Crippen LogP) is 4.26. The van der Waals surface area contributed by atoms with Gasteiger partial charge in [-0.1, -0.05) is 26.8 Å². The summed E-state index contributed by atoms with van der Waals surface area (Å²) in [5.41, 5.74) is 3.13. The van der Waals surface area contributed by atoms with Gasteiger partial charge in [-0.25, -0.2) is 9.97 Å². The lowest BCUT2D eigenvalue weighted by molar-refractivity contribution is 0.0957. The second kappa shape index (κ2) is 7.78. The van der Waals surface area contributed by atoms with Crippen LogP contribution < -0.4 is 5.32 Å². The first-order chi connectivity index (χ1) is 13.8. The number of rotatable bonds is 6. The summed E-state index contributed by atoms with van der Waals surface area (Å²) in [5.74, 6) is 1.97. The molecule has 7 heteroatoms. The second-order valence-corrected chi connectivity index (χ2v) is 10.4. The molecule has 1 N–H and O–H groups in total. The number of carbonyl (C=O) groups is 1. The molecule has 0 aliphatic heterocycles. The van der Waals surface area contributed by atoms with Crippen LogP contribution in [-0.4, -0.2) is 42.7 Å². The van der Waals surface area contributed by atoms with Crippen molar-refractivity contribution in [2.75, 3.05) is 12.3 Å². The zero-order chi connectivity index (χ0) is 20.6. The van der Waals surface area contributed by atoms with Gasteiger partial charge >= 0.3 is 0 Å². The number of nitrogens with zero attached hydrogens (tertiary/aromatic N) is 4. The maximum Gasteiger partial charge on any atom is 0.252 e. The summed E-state index contributed by atoms with van der Waals surface area (Å²) in [4.78, 5) is 22.4. The van der Waals surface area contributed by atoms with E-state index < -0.39 is 0 Å². The number of fused-ring (bicyclic) bond motifs is 1. The largest absolute Gasteiger partial charge is 0.351 e. The summed E-state index contributed by atoms with van der Waals surface area (Å²) >= 11 is 1.85. The molecule has 0 spiro atoms. The number of aromatic nitrogens is 4. The molecule has 3 heterocycles. The molecule has 1 fully saturated rings. The molecule has 0 atom stereocenters. The third-order valence-electron chi connectivity index (χ3n) is 4.86. The molecular weight excluding hydrogens is 382 g/mol. The van der Waals surface area contributed by atoms with Crippen LogP contribution in [0.15, 0.2) is 30.5 Å². The van der Waals surface area contributed by atoms with E-state index in [9.17, 15) is 4.79 Å². The summed E-state index contributed by atoms with van der Waals surface area (Å²) in [6.45, 7) is 9.11. The summed E-state index contributed by atoms with van der Waals surface area (Å²) in [6, 6.07) is 7.67. The lowest BCUT2D eigenvalue weighted by atomic mass is 10.1. The first kappa shape index (κ1) is 19.9. The molecule has 0 aromatic carbocycles. The van der Waals surface area contributed by atoms with Gasteiger partial charge in [0, 0.05) is 34.9 Å². The Bertz CT molecular complexity index is 1030. The Morgan fingerprint density at radius 1 is 1.31 bits per heavy atom. The van der Waals surface area contributed by atoms with E-state index in [0.717, 1.165) is 35.4 Å². The van der Waals surface area contributed by atoms with Gasteiger partial charge in [0.1, 0.15) is 0 Å². The lowest BCUT2D eigenvalue weighted by Crippen LogP contribution is -2.27. The van der Waals surface area contributed by atoms with Crippen LogP contribution >= 0.6 is 11.8 Å². The minimum Gasteiger partial charge on any atom is -0.351 e. The van der Waals surface area contributed by atoms with Gasteiger partial charge in [0.2, 0.25) is 0 Å². The number of amides is 1. The summed E-state index contributed by atoms with van der Waals surface area (Å²) in [6.07, 6.45) is 3.99. The van der Waals surface area contributed by atoms with Crippen molar-refractivity contribution >= 4 is 28.7 Å². The van der Waals surface area contributed by atoms with Crippen molar-refractivity contribution in [3.63, 3.8) is 0 Å². The Kier molecular flexibility index (Phi) is 5.34. The minimum absolute atomic E-state index is 0.0579. The van der Waals surface area contributed by atoms with E-state index in [0.29, 0.717) is 29.5 Å². The number of hydrogen-bond donors (Lipinski definition) is 1. The van der Waals surface area contributed by atoms with Crippen molar-refractivity contribution in [3.8, 4) is 5.82 Å². The van der Waals surface area contributed by atoms with Crippen molar-refractivity contribution in [3.05, 3.63) is 47.4 Å². The first-order valence-corrected chi connectivity index (χ1v) is 11.1. The van der Waals surface area contributed by atoms with Gasteiger partial charge in [0.15, 0.2) is 11.5 Å². The molecule has 0 bridgehead atoms. The fraction of sp³-hybridized carbons (Fsp3) is 0.455. The number of hydrogen-bond acceptors (Lipinski definition) is 5. The number of aryl methyl sites for hydroxylation is 1. The smallest absolute Gasteiger partial charge is 0.252 e. The molecule has 0 unspecified atom stereocenters.